The first-order chi connectivity index (χ1) is 7.08. The Balaban J connectivity index is 0.000000423. The van der Waals surface area contributed by atoms with Crippen LogP contribution in [0.2, 0.25) is 0 Å². The van der Waals surface area contributed by atoms with E-state index in [2.05, 4.69) is 54.4 Å². The van der Waals surface area contributed by atoms with Crippen molar-refractivity contribution in [1.29, 1.82) is 0 Å². The van der Waals surface area contributed by atoms with E-state index in [0.29, 0.717) is 0 Å². The van der Waals surface area contributed by atoms with Gasteiger partial charge in [0.2, 0.25) is 0 Å². The molecule has 0 aliphatic carbocycles. The Morgan fingerprint density at radius 3 is 2.00 bits per heavy atom. The molecule has 0 aliphatic rings. The van der Waals surface area contributed by atoms with Crippen LogP contribution < -0.4 is 0 Å². The zero-order valence-electron chi connectivity index (χ0n) is 7.88. The van der Waals surface area contributed by atoms with E-state index < -0.39 is 0 Å². The van der Waals surface area contributed by atoms with Gasteiger partial charge in [-0.15, -0.1) is 0 Å². The molecule has 0 saturated carbocycles. The molecule has 2 nitrogen and oxygen atoms in total. The Hall–Kier alpha value is 0.320. The molecule has 1 aromatic carbocycles. The second kappa shape index (κ2) is 8.47. The van der Waals surface area contributed by atoms with Crippen LogP contribution in [-0.4, -0.2) is 23.4 Å². The van der Waals surface area contributed by atoms with Crippen LogP contribution in [0.4, 0.5) is 0 Å². The predicted octanol–water partition coefficient (Wildman–Crippen LogP) is 3.59. The van der Waals surface area contributed by atoms with Gasteiger partial charge < -0.3 is 10.2 Å². The second-order valence-corrected chi connectivity index (χ2v) is 4.86. The largest absolute Gasteiger partial charge is 0.394 e. The summed E-state index contributed by atoms with van der Waals surface area (Å²) < 4.78 is 3.09. The van der Waals surface area contributed by atoms with Crippen molar-refractivity contribution in [3.8, 4) is 0 Å². The highest BCUT2D eigenvalue weighted by Gasteiger charge is 2.03. The van der Waals surface area contributed by atoms with Gasteiger partial charge in [0.05, 0.1) is 13.2 Å². The molecule has 84 valence electrons. The molecule has 0 spiro atoms. The van der Waals surface area contributed by atoms with Crippen molar-refractivity contribution in [2.75, 3.05) is 13.2 Å². The van der Waals surface area contributed by atoms with E-state index >= 15 is 0 Å². The summed E-state index contributed by atoms with van der Waals surface area (Å²) in [7, 11) is 0. The number of hydrogen-bond acceptors (Lipinski definition) is 2. The molecular weight excluding hydrogens is 392 g/mol. The topological polar surface area (TPSA) is 40.5 Å². The molecule has 0 bridgehead atoms. The Kier molecular flexibility index (Phi) is 8.65. The van der Waals surface area contributed by atoms with Crippen molar-refractivity contribution in [3.63, 3.8) is 0 Å². The molecule has 0 radical (unpaired) electrons. The van der Waals surface area contributed by atoms with E-state index in [9.17, 15) is 0 Å². The molecule has 2 N–H and O–H groups in total. The molecule has 1 aromatic rings. The van der Waals surface area contributed by atoms with Gasteiger partial charge in [0.25, 0.3) is 0 Å². The van der Waals surface area contributed by atoms with Crippen LogP contribution in [0.1, 0.15) is 5.56 Å². The first-order valence-corrected chi connectivity index (χ1v) is 6.44. The van der Waals surface area contributed by atoms with Gasteiger partial charge in [-0.25, -0.2) is 0 Å². The number of benzene rings is 1. The van der Waals surface area contributed by atoms with Crippen molar-refractivity contribution in [2.24, 2.45) is 0 Å². The van der Waals surface area contributed by atoms with Gasteiger partial charge in [-0.1, -0.05) is 18.7 Å². The fourth-order valence-electron chi connectivity index (χ4n) is 0.698. The highest BCUT2D eigenvalue weighted by Crippen LogP contribution is 2.33. The van der Waals surface area contributed by atoms with E-state index in [1.54, 1.807) is 6.08 Å². The molecular formula is C10H11Br3O2. The number of aliphatic hydroxyl groups is 2. The third-order valence-electron chi connectivity index (χ3n) is 1.38. The molecule has 0 atom stereocenters. The normalized spacial score (nSPS) is 9.13. The molecule has 0 amide bonds. The summed E-state index contributed by atoms with van der Waals surface area (Å²) in [6.45, 7) is 3.45. The van der Waals surface area contributed by atoms with Crippen LogP contribution in [0.3, 0.4) is 0 Å². The van der Waals surface area contributed by atoms with E-state index in [4.69, 9.17) is 10.2 Å². The van der Waals surface area contributed by atoms with Crippen LogP contribution in [0.25, 0.3) is 6.08 Å². The first kappa shape index (κ1) is 15.3. The minimum atomic E-state index is -0.125. The SMILES string of the molecule is C=Cc1ccc(Br)c(Br)c1Br.OCCO. The summed E-state index contributed by atoms with van der Waals surface area (Å²) >= 11 is 10.3. The lowest BCUT2D eigenvalue weighted by molar-refractivity contribution is 0.186. The molecule has 5 heteroatoms. The fraction of sp³-hybridized carbons (Fsp3) is 0.200. The lowest BCUT2D eigenvalue weighted by Crippen LogP contribution is -1.85. The minimum absolute atomic E-state index is 0.125. The Morgan fingerprint density at radius 1 is 1.07 bits per heavy atom. The van der Waals surface area contributed by atoms with Crippen molar-refractivity contribution in [2.45, 2.75) is 0 Å². The zero-order valence-corrected chi connectivity index (χ0v) is 12.6. The third-order valence-corrected chi connectivity index (χ3v) is 4.79. The molecule has 0 saturated heterocycles. The van der Waals surface area contributed by atoms with Gasteiger partial charge in [0.1, 0.15) is 0 Å². The number of halogens is 3. The minimum Gasteiger partial charge on any atom is -0.394 e. The summed E-state index contributed by atoms with van der Waals surface area (Å²) in [5, 5.41) is 15.2. The molecule has 15 heavy (non-hydrogen) atoms. The molecule has 0 fully saturated rings. The first-order valence-electron chi connectivity index (χ1n) is 4.06. The van der Waals surface area contributed by atoms with Crippen LogP contribution in [0.15, 0.2) is 32.1 Å². The van der Waals surface area contributed by atoms with Crippen LogP contribution in [0.5, 0.6) is 0 Å². The number of aliphatic hydroxyl groups excluding tert-OH is 2. The maximum absolute atomic E-state index is 7.62. The van der Waals surface area contributed by atoms with Gasteiger partial charge in [0, 0.05) is 13.4 Å². The maximum Gasteiger partial charge on any atom is 0.0662 e. The molecule has 0 unspecified atom stereocenters. The average molecular weight is 403 g/mol. The summed E-state index contributed by atoms with van der Waals surface area (Å²) in [4.78, 5) is 0. The summed E-state index contributed by atoms with van der Waals surface area (Å²) in [5.74, 6) is 0. The van der Waals surface area contributed by atoms with Gasteiger partial charge in [0.15, 0.2) is 0 Å². The maximum atomic E-state index is 7.62. The number of rotatable bonds is 2. The van der Waals surface area contributed by atoms with Gasteiger partial charge in [-0.2, -0.15) is 0 Å². The van der Waals surface area contributed by atoms with E-state index in [0.717, 1.165) is 19.0 Å². The second-order valence-electron chi connectivity index (χ2n) is 2.42. The van der Waals surface area contributed by atoms with Gasteiger partial charge in [-0.3, -0.25) is 0 Å². The Labute approximate surface area is 114 Å². The molecule has 0 heterocycles. The van der Waals surface area contributed by atoms with Crippen molar-refractivity contribution in [3.05, 3.63) is 37.7 Å². The van der Waals surface area contributed by atoms with E-state index in [1.165, 1.54) is 0 Å². The lowest BCUT2D eigenvalue weighted by atomic mass is 10.2. The highest BCUT2D eigenvalue weighted by molar-refractivity contribution is 9.14. The summed E-state index contributed by atoms with van der Waals surface area (Å²) in [5.41, 5.74) is 1.08. The lowest BCUT2D eigenvalue weighted by Gasteiger charge is -2.02. The monoisotopic (exact) mass is 400 g/mol. The van der Waals surface area contributed by atoms with Crippen molar-refractivity contribution in [1.82, 2.24) is 0 Å². The smallest absolute Gasteiger partial charge is 0.0662 e. The quantitative estimate of drug-likeness (QED) is 0.742. The molecule has 1 rings (SSSR count). The van der Waals surface area contributed by atoms with Gasteiger partial charge in [-0.05, 0) is 59.4 Å². The average Bonchev–Trinajstić information content (AvgIpc) is 2.27. The number of hydrogen-bond donors (Lipinski definition) is 2. The third kappa shape index (κ3) is 5.26. The Bertz CT molecular complexity index is 325. The molecule has 0 aliphatic heterocycles. The fourth-order valence-corrected chi connectivity index (χ4v) is 2.16. The van der Waals surface area contributed by atoms with Crippen LogP contribution in [0, 0.1) is 0 Å². The van der Waals surface area contributed by atoms with Crippen molar-refractivity contribution >= 4 is 53.9 Å². The molecule has 0 aromatic heterocycles. The van der Waals surface area contributed by atoms with E-state index in [-0.39, 0.29) is 13.2 Å². The van der Waals surface area contributed by atoms with E-state index in [1.807, 2.05) is 12.1 Å². The summed E-state index contributed by atoms with van der Waals surface area (Å²) in [6, 6.07) is 3.97. The van der Waals surface area contributed by atoms with Crippen LogP contribution in [-0.2, 0) is 0 Å². The predicted molar refractivity (Wildman–Crippen MR) is 73.8 cm³/mol. The van der Waals surface area contributed by atoms with Gasteiger partial charge >= 0.3 is 0 Å². The zero-order chi connectivity index (χ0) is 11.8. The summed E-state index contributed by atoms with van der Waals surface area (Å²) in [6.07, 6.45) is 1.81. The van der Waals surface area contributed by atoms with Crippen molar-refractivity contribution < 1.29 is 10.2 Å². The highest BCUT2D eigenvalue weighted by atomic mass is 79.9. The standard InChI is InChI=1S/C8H5Br3.C2H6O2/c1-2-5-3-4-6(9)8(11)7(5)10;3-1-2-4/h2-4H,1H2;3-4H,1-2H2. The Morgan fingerprint density at radius 2 is 1.60 bits per heavy atom. The van der Waals surface area contributed by atoms with Crippen LogP contribution >= 0.6 is 47.8 Å².